The van der Waals surface area contributed by atoms with Crippen LogP contribution in [0.2, 0.25) is 0 Å². The number of ketones is 1. The number of hydrogen-bond acceptors (Lipinski definition) is 1. The normalized spacial score (nSPS) is 16.1. The van der Waals surface area contributed by atoms with Crippen LogP contribution in [0.5, 0.6) is 0 Å². The monoisotopic (exact) mass is 182 g/mol. The molecule has 0 aromatic carbocycles. The highest BCUT2D eigenvalue weighted by Crippen LogP contribution is 2.33. The van der Waals surface area contributed by atoms with E-state index < -0.39 is 0 Å². The second-order valence-corrected chi connectivity index (χ2v) is 4.33. The van der Waals surface area contributed by atoms with Gasteiger partial charge in [0.2, 0.25) is 0 Å². The Labute approximate surface area is 81.9 Å². The molecular formula is C12H22O. The van der Waals surface area contributed by atoms with Crippen LogP contribution in [0.4, 0.5) is 0 Å². The highest BCUT2D eigenvalue weighted by Gasteiger charge is 2.21. The maximum atomic E-state index is 11.3. The average Bonchev–Trinajstić information content (AvgIpc) is 2.92. The van der Waals surface area contributed by atoms with Crippen LogP contribution in [0, 0.1) is 5.92 Å². The first kappa shape index (κ1) is 10.7. The molecule has 1 aliphatic rings. The van der Waals surface area contributed by atoms with Crippen molar-refractivity contribution in [3.05, 3.63) is 0 Å². The van der Waals surface area contributed by atoms with E-state index in [1.54, 1.807) is 0 Å². The van der Waals surface area contributed by atoms with Gasteiger partial charge in [-0.15, -0.1) is 0 Å². The predicted molar refractivity (Wildman–Crippen MR) is 55.7 cm³/mol. The number of rotatable bonds is 8. The van der Waals surface area contributed by atoms with Gasteiger partial charge in [-0.25, -0.2) is 0 Å². The average molecular weight is 182 g/mol. The van der Waals surface area contributed by atoms with Crippen molar-refractivity contribution in [1.29, 1.82) is 0 Å². The molecule has 0 saturated heterocycles. The van der Waals surface area contributed by atoms with E-state index in [9.17, 15) is 4.79 Å². The van der Waals surface area contributed by atoms with Gasteiger partial charge in [-0.1, -0.05) is 39.0 Å². The van der Waals surface area contributed by atoms with E-state index in [1.807, 2.05) is 0 Å². The lowest BCUT2D eigenvalue weighted by Gasteiger charge is -1.99. The van der Waals surface area contributed by atoms with Crippen LogP contribution in [0.3, 0.4) is 0 Å². The first-order valence-electron chi connectivity index (χ1n) is 5.84. The smallest absolute Gasteiger partial charge is 0.132 e. The summed E-state index contributed by atoms with van der Waals surface area (Å²) in [5.74, 6) is 1.42. The van der Waals surface area contributed by atoms with Crippen molar-refractivity contribution < 1.29 is 4.79 Å². The Morgan fingerprint density at radius 3 is 2.54 bits per heavy atom. The van der Waals surface area contributed by atoms with Gasteiger partial charge in [-0.2, -0.15) is 0 Å². The zero-order valence-electron chi connectivity index (χ0n) is 8.85. The SMILES string of the molecule is CCCCCCC(=O)CCC1CC1. The molecule has 0 atom stereocenters. The van der Waals surface area contributed by atoms with Gasteiger partial charge in [-0.3, -0.25) is 4.79 Å². The quantitative estimate of drug-likeness (QED) is 0.523. The maximum Gasteiger partial charge on any atom is 0.132 e. The van der Waals surface area contributed by atoms with E-state index in [0.717, 1.165) is 25.2 Å². The summed E-state index contributed by atoms with van der Waals surface area (Å²) in [7, 11) is 0. The second kappa shape index (κ2) is 6.17. The number of hydrogen-bond donors (Lipinski definition) is 0. The Morgan fingerprint density at radius 1 is 1.15 bits per heavy atom. The Bertz CT molecular complexity index is 147. The lowest BCUT2D eigenvalue weighted by atomic mass is 10.1. The van der Waals surface area contributed by atoms with Crippen molar-refractivity contribution in [2.45, 2.75) is 64.7 Å². The molecule has 0 radical (unpaired) electrons. The summed E-state index contributed by atoms with van der Waals surface area (Å²) in [5.41, 5.74) is 0. The molecule has 0 aromatic rings. The molecule has 1 heteroatoms. The molecule has 0 aliphatic heterocycles. The fraction of sp³-hybridized carbons (Fsp3) is 0.917. The molecule has 0 amide bonds. The van der Waals surface area contributed by atoms with Crippen molar-refractivity contribution in [3.63, 3.8) is 0 Å². The first-order chi connectivity index (χ1) is 6.33. The zero-order valence-corrected chi connectivity index (χ0v) is 8.85. The third-order valence-electron chi connectivity index (χ3n) is 2.84. The molecule has 1 saturated carbocycles. The molecule has 1 fully saturated rings. The summed E-state index contributed by atoms with van der Waals surface area (Å²) >= 11 is 0. The van der Waals surface area contributed by atoms with Crippen molar-refractivity contribution in [2.75, 3.05) is 0 Å². The van der Waals surface area contributed by atoms with Crippen LogP contribution in [0.15, 0.2) is 0 Å². The number of carbonyl (C=O) groups excluding carboxylic acids is 1. The third-order valence-corrected chi connectivity index (χ3v) is 2.84. The van der Waals surface area contributed by atoms with Gasteiger partial charge in [0.1, 0.15) is 5.78 Å². The number of carbonyl (C=O) groups is 1. The van der Waals surface area contributed by atoms with Crippen LogP contribution in [0.25, 0.3) is 0 Å². The van der Waals surface area contributed by atoms with Crippen molar-refractivity contribution in [3.8, 4) is 0 Å². The fourth-order valence-electron chi connectivity index (χ4n) is 1.65. The fourth-order valence-corrected chi connectivity index (χ4v) is 1.65. The largest absolute Gasteiger partial charge is 0.300 e. The molecule has 1 rings (SSSR count). The molecule has 0 heterocycles. The minimum Gasteiger partial charge on any atom is -0.300 e. The topological polar surface area (TPSA) is 17.1 Å². The molecule has 0 bridgehead atoms. The Hall–Kier alpha value is -0.330. The van der Waals surface area contributed by atoms with Crippen LogP contribution in [-0.4, -0.2) is 5.78 Å². The zero-order chi connectivity index (χ0) is 9.52. The summed E-state index contributed by atoms with van der Waals surface area (Å²) in [6, 6.07) is 0. The van der Waals surface area contributed by atoms with Gasteiger partial charge in [0.25, 0.3) is 0 Å². The number of unbranched alkanes of at least 4 members (excludes halogenated alkanes) is 3. The molecule has 0 spiro atoms. The van der Waals surface area contributed by atoms with Gasteiger partial charge < -0.3 is 0 Å². The minimum atomic E-state index is 0.503. The van der Waals surface area contributed by atoms with Gasteiger partial charge in [0.05, 0.1) is 0 Å². The summed E-state index contributed by atoms with van der Waals surface area (Å²) in [5, 5.41) is 0. The van der Waals surface area contributed by atoms with E-state index in [0.29, 0.717) is 5.78 Å². The molecule has 1 nitrogen and oxygen atoms in total. The van der Waals surface area contributed by atoms with E-state index in [1.165, 1.54) is 38.5 Å². The molecule has 13 heavy (non-hydrogen) atoms. The van der Waals surface area contributed by atoms with E-state index in [4.69, 9.17) is 0 Å². The first-order valence-corrected chi connectivity index (χ1v) is 5.84. The Balaban J connectivity index is 1.84. The maximum absolute atomic E-state index is 11.3. The predicted octanol–water partition coefficient (Wildman–Crippen LogP) is 3.72. The lowest BCUT2D eigenvalue weighted by molar-refractivity contribution is -0.119. The lowest BCUT2D eigenvalue weighted by Crippen LogP contribution is -1.97. The second-order valence-electron chi connectivity index (χ2n) is 4.33. The molecule has 0 unspecified atom stereocenters. The molecule has 1 aliphatic carbocycles. The van der Waals surface area contributed by atoms with Crippen molar-refractivity contribution in [2.24, 2.45) is 5.92 Å². The third kappa shape index (κ3) is 5.84. The van der Waals surface area contributed by atoms with Crippen LogP contribution < -0.4 is 0 Å². The minimum absolute atomic E-state index is 0.503. The van der Waals surface area contributed by atoms with Crippen LogP contribution in [0.1, 0.15) is 64.7 Å². The number of Topliss-reactive ketones (excluding diaryl/α,β-unsaturated/α-hetero) is 1. The molecular weight excluding hydrogens is 160 g/mol. The summed E-state index contributed by atoms with van der Waals surface area (Å²) in [6.07, 6.45) is 10.5. The van der Waals surface area contributed by atoms with Gasteiger partial charge in [0.15, 0.2) is 0 Å². The highest BCUT2D eigenvalue weighted by atomic mass is 16.1. The van der Waals surface area contributed by atoms with E-state index >= 15 is 0 Å². The molecule has 0 N–H and O–H groups in total. The van der Waals surface area contributed by atoms with Gasteiger partial charge in [-0.05, 0) is 18.8 Å². The van der Waals surface area contributed by atoms with Crippen molar-refractivity contribution in [1.82, 2.24) is 0 Å². The van der Waals surface area contributed by atoms with Gasteiger partial charge in [0, 0.05) is 12.8 Å². The highest BCUT2D eigenvalue weighted by molar-refractivity contribution is 5.78. The summed E-state index contributed by atoms with van der Waals surface area (Å²) < 4.78 is 0. The van der Waals surface area contributed by atoms with Gasteiger partial charge >= 0.3 is 0 Å². The summed E-state index contributed by atoms with van der Waals surface area (Å²) in [4.78, 5) is 11.3. The van der Waals surface area contributed by atoms with E-state index in [2.05, 4.69) is 6.92 Å². The van der Waals surface area contributed by atoms with E-state index in [-0.39, 0.29) is 0 Å². The standard InChI is InChI=1S/C12H22O/c1-2-3-4-5-6-12(13)10-9-11-7-8-11/h11H,2-10H2,1H3. The van der Waals surface area contributed by atoms with Crippen LogP contribution in [-0.2, 0) is 4.79 Å². The molecule has 0 aromatic heterocycles. The van der Waals surface area contributed by atoms with Crippen LogP contribution >= 0.6 is 0 Å². The van der Waals surface area contributed by atoms with Crippen molar-refractivity contribution >= 4 is 5.78 Å². The molecule has 76 valence electrons. The summed E-state index contributed by atoms with van der Waals surface area (Å²) in [6.45, 7) is 2.20. The Kier molecular flexibility index (Phi) is 5.10. The Morgan fingerprint density at radius 2 is 1.92 bits per heavy atom.